The Balaban J connectivity index is 0.000000284. The second kappa shape index (κ2) is 8.02. The van der Waals surface area contributed by atoms with Crippen LogP contribution in [0, 0.1) is 10.4 Å². The van der Waals surface area contributed by atoms with E-state index in [0.717, 1.165) is 0 Å². The van der Waals surface area contributed by atoms with Gasteiger partial charge in [0.15, 0.2) is 12.4 Å². The van der Waals surface area contributed by atoms with Gasteiger partial charge in [-0.25, -0.2) is 0 Å². The first-order valence-corrected chi connectivity index (χ1v) is 5.13. The minimum absolute atomic E-state index is 0. The number of rotatable bonds is 0. The molecule has 0 saturated carbocycles. The summed E-state index contributed by atoms with van der Waals surface area (Å²) >= 11 is 9.21. The van der Waals surface area contributed by atoms with Gasteiger partial charge in [-0.15, -0.1) is 0 Å². The molecule has 93 valence electrons. The van der Waals surface area contributed by atoms with E-state index in [1.54, 1.807) is 36.4 Å². The zero-order chi connectivity index (χ0) is 12.0. The van der Waals surface area contributed by atoms with Crippen molar-refractivity contribution in [1.29, 1.82) is 0 Å². The summed E-state index contributed by atoms with van der Waals surface area (Å²) in [5.74, 6) is 0. The van der Waals surface area contributed by atoms with Crippen molar-refractivity contribution >= 4 is 25.3 Å². The van der Waals surface area contributed by atoms with E-state index in [2.05, 4.69) is 25.3 Å². The van der Waals surface area contributed by atoms with Crippen molar-refractivity contribution in [2.45, 2.75) is 10.1 Å². The number of pyridine rings is 2. The van der Waals surface area contributed by atoms with E-state index < -0.39 is 0 Å². The Kier molecular flexibility index (Phi) is 7.49. The number of hydrogen-bond acceptors (Lipinski definition) is 4. The molecule has 0 saturated heterocycles. The molecule has 0 spiro atoms. The second-order valence-corrected chi connectivity index (χ2v) is 3.57. The van der Waals surface area contributed by atoms with Crippen LogP contribution in [0.1, 0.15) is 0 Å². The van der Waals surface area contributed by atoms with Crippen molar-refractivity contribution in [1.82, 2.24) is 0 Å². The molecule has 2 aromatic heterocycles. The third-order valence-electron chi connectivity index (χ3n) is 1.58. The van der Waals surface area contributed by atoms with Gasteiger partial charge in [0.25, 0.3) is 0 Å². The van der Waals surface area contributed by atoms with E-state index in [1.165, 1.54) is 12.4 Å². The summed E-state index contributed by atoms with van der Waals surface area (Å²) in [7, 11) is 0. The molecule has 0 atom stereocenters. The molecule has 1 radical (unpaired) electrons. The SMILES string of the molecule is [Cu+2].[O-][n+]1ccccc1[S-].[O-][n+]1ccccc1[S-]. The Hall–Kier alpha value is -1.14. The molecule has 2 rings (SSSR count). The topological polar surface area (TPSA) is 53.9 Å². The Morgan fingerprint density at radius 2 is 1.12 bits per heavy atom. The van der Waals surface area contributed by atoms with Gasteiger partial charge in [0, 0.05) is 12.1 Å². The first-order valence-electron chi connectivity index (χ1n) is 4.31. The van der Waals surface area contributed by atoms with Crippen LogP contribution in [-0.2, 0) is 42.3 Å². The first-order chi connectivity index (χ1) is 7.61. The predicted molar refractivity (Wildman–Crippen MR) is 62.1 cm³/mol. The molecule has 0 N–H and O–H groups in total. The Bertz CT molecular complexity index is 386. The van der Waals surface area contributed by atoms with Crippen LogP contribution in [0.15, 0.2) is 58.8 Å². The van der Waals surface area contributed by atoms with Crippen molar-refractivity contribution in [2.75, 3.05) is 0 Å². The molecule has 7 heteroatoms. The van der Waals surface area contributed by atoms with Crippen LogP contribution in [0.5, 0.6) is 0 Å². The van der Waals surface area contributed by atoms with Crippen LogP contribution in [0.2, 0.25) is 0 Å². The van der Waals surface area contributed by atoms with E-state index in [4.69, 9.17) is 0 Å². The summed E-state index contributed by atoms with van der Waals surface area (Å²) in [5.41, 5.74) is 0. The molecule has 17 heavy (non-hydrogen) atoms. The summed E-state index contributed by atoms with van der Waals surface area (Å²) in [6, 6.07) is 9.92. The van der Waals surface area contributed by atoms with Crippen LogP contribution in [0.4, 0.5) is 0 Å². The Morgan fingerprint density at radius 1 is 0.765 bits per heavy atom. The fourth-order valence-corrected chi connectivity index (χ4v) is 1.10. The zero-order valence-electron chi connectivity index (χ0n) is 8.45. The molecule has 0 bridgehead atoms. The van der Waals surface area contributed by atoms with Gasteiger partial charge in [0.1, 0.15) is 0 Å². The molecule has 0 amide bonds. The average molecular weight is 316 g/mol. The number of aromatic nitrogens is 2. The minimum Gasteiger partial charge on any atom is -0.709 e. The van der Waals surface area contributed by atoms with Crippen LogP contribution in [-0.4, -0.2) is 0 Å². The van der Waals surface area contributed by atoms with Gasteiger partial charge in [-0.05, 0) is 12.1 Å². The van der Waals surface area contributed by atoms with Crippen molar-refractivity contribution in [2.24, 2.45) is 0 Å². The van der Waals surface area contributed by atoms with Gasteiger partial charge in [-0.1, -0.05) is 12.1 Å². The van der Waals surface area contributed by atoms with Gasteiger partial charge >= 0.3 is 17.1 Å². The Labute approximate surface area is 121 Å². The summed E-state index contributed by atoms with van der Waals surface area (Å²) in [6.07, 6.45) is 2.75. The maximum absolute atomic E-state index is 10.4. The number of nitrogens with zero attached hydrogens (tertiary/aromatic N) is 2. The first kappa shape index (κ1) is 15.9. The summed E-state index contributed by atoms with van der Waals surface area (Å²) in [6.45, 7) is 0. The van der Waals surface area contributed by atoms with Crippen molar-refractivity contribution in [3.8, 4) is 0 Å². The second-order valence-electron chi connectivity index (χ2n) is 2.73. The molecule has 0 aliphatic rings. The van der Waals surface area contributed by atoms with Gasteiger partial charge in [-0.3, -0.25) is 0 Å². The third-order valence-corrected chi connectivity index (χ3v) is 2.21. The molecule has 0 fully saturated rings. The molecule has 4 nitrogen and oxygen atoms in total. The van der Waals surface area contributed by atoms with Gasteiger partial charge < -0.3 is 35.7 Å². The largest absolute Gasteiger partial charge is 2.00 e. The van der Waals surface area contributed by atoms with Crippen LogP contribution in [0.25, 0.3) is 0 Å². The van der Waals surface area contributed by atoms with Crippen LogP contribution < -0.4 is 9.46 Å². The van der Waals surface area contributed by atoms with Gasteiger partial charge in [0.05, 0.1) is 10.1 Å². The van der Waals surface area contributed by atoms with Crippen molar-refractivity contribution in [3.63, 3.8) is 0 Å². The zero-order valence-corrected chi connectivity index (χ0v) is 11.0. The normalized spacial score (nSPS) is 8.47. The van der Waals surface area contributed by atoms with Gasteiger partial charge in [-0.2, -0.15) is 9.46 Å². The fraction of sp³-hybridized carbons (Fsp3) is 0. The van der Waals surface area contributed by atoms with Crippen LogP contribution in [0.3, 0.4) is 0 Å². The monoisotopic (exact) mass is 315 g/mol. The maximum Gasteiger partial charge on any atom is 2.00 e. The summed E-state index contributed by atoms with van der Waals surface area (Å²) in [4.78, 5) is 0. The predicted octanol–water partition coefficient (Wildman–Crippen LogP) is 0.449. The summed E-state index contributed by atoms with van der Waals surface area (Å²) < 4.78 is 1.30. The molecule has 0 aliphatic heterocycles. The summed E-state index contributed by atoms with van der Waals surface area (Å²) in [5, 5.41) is 21.5. The molecule has 2 heterocycles. The third kappa shape index (κ3) is 5.65. The van der Waals surface area contributed by atoms with E-state index in [9.17, 15) is 10.4 Å². The number of hydrogen-bond donors (Lipinski definition) is 0. The average Bonchev–Trinajstić information content (AvgIpc) is 2.28. The van der Waals surface area contributed by atoms with E-state index in [0.29, 0.717) is 19.5 Å². The molecule has 0 aromatic carbocycles. The standard InChI is InChI=1S/2C5H5NOS.Cu/c2*7-6-4-2-1-3-5(6)8;/h2*1-4,8H;/q;;+2/p-2. The molecule has 2 aromatic rings. The minimum atomic E-state index is 0. The van der Waals surface area contributed by atoms with Gasteiger partial charge in [0.2, 0.25) is 0 Å². The van der Waals surface area contributed by atoms with Crippen molar-refractivity contribution in [3.05, 3.63) is 59.2 Å². The quantitative estimate of drug-likeness (QED) is 0.306. The van der Waals surface area contributed by atoms with E-state index in [-0.39, 0.29) is 17.1 Å². The van der Waals surface area contributed by atoms with Crippen LogP contribution >= 0.6 is 0 Å². The Morgan fingerprint density at radius 3 is 1.29 bits per heavy atom. The van der Waals surface area contributed by atoms with E-state index in [1.807, 2.05) is 0 Å². The smallest absolute Gasteiger partial charge is 0.709 e. The molecular weight excluding hydrogens is 308 g/mol. The van der Waals surface area contributed by atoms with E-state index >= 15 is 0 Å². The molecule has 0 unspecified atom stereocenters. The molecular formula is C10H8CuN2O2S2. The molecule has 0 aliphatic carbocycles. The maximum atomic E-state index is 10.4. The van der Waals surface area contributed by atoms with Crippen molar-refractivity contribution < 1.29 is 26.5 Å². The fourth-order valence-electron chi connectivity index (χ4n) is 0.825.